The molecule has 0 bridgehead atoms. The lowest BCUT2D eigenvalue weighted by Crippen LogP contribution is -2.23. The maximum atomic E-state index is 12.5. The first-order valence-electron chi connectivity index (χ1n) is 12.6. The Kier molecular flexibility index (Phi) is 6.72. The molecule has 1 aliphatic heterocycles. The van der Waals surface area contributed by atoms with Crippen LogP contribution in [0.1, 0.15) is 21.7 Å². The van der Waals surface area contributed by atoms with Crippen LogP contribution in [-0.2, 0) is 13.1 Å². The van der Waals surface area contributed by atoms with Crippen molar-refractivity contribution >= 4 is 34.2 Å². The third kappa shape index (κ3) is 4.90. The first-order valence-corrected chi connectivity index (χ1v) is 12.9. The molecule has 2 aliphatic rings. The van der Waals surface area contributed by atoms with Crippen molar-refractivity contribution in [2.24, 2.45) is 0 Å². The Morgan fingerprint density at radius 1 is 0.825 bits per heavy atom. The third-order valence-corrected chi connectivity index (χ3v) is 7.00. The monoisotopic (exact) mass is 547 g/mol. The lowest BCUT2D eigenvalue weighted by Gasteiger charge is -2.25. The average molecular weight is 548 g/mol. The molecule has 40 heavy (non-hydrogen) atoms. The minimum absolute atomic E-state index is 0.0321. The normalized spacial score (nSPS) is 11.1. The summed E-state index contributed by atoms with van der Waals surface area (Å²) in [7, 11) is 0. The Balaban J connectivity index is 1.57. The predicted octanol–water partition coefficient (Wildman–Crippen LogP) is 6.91. The second kappa shape index (κ2) is 10.6. The van der Waals surface area contributed by atoms with Gasteiger partial charge in [0.05, 0.1) is 35.1 Å². The summed E-state index contributed by atoms with van der Waals surface area (Å²) in [6.07, 6.45) is 3.52. The zero-order valence-corrected chi connectivity index (χ0v) is 21.9. The number of carboxylic acids is 1. The van der Waals surface area contributed by atoms with Gasteiger partial charge in [-0.15, -0.1) is 0 Å². The van der Waals surface area contributed by atoms with Crippen LogP contribution in [0.2, 0.25) is 5.02 Å². The smallest absolute Gasteiger partial charge is 0.336 e. The Hall–Kier alpha value is -5.01. The van der Waals surface area contributed by atoms with Crippen LogP contribution in [0.5, 0.6) is 0 Å². The third-order valence-electron chi connectivity index (χ3n) is 6.71. The van der Waals surface area contributed by atoms with Crippen molar-refractivity contribution in [1.82, 2.24) is 9.97 Å². The van der Waals surface area contributed by atoms with Crippen molar-refractivity contribution in [3.63, 3.8) is 0 Å². The first kappa shape index (κ1) is 25.3. The molecule has 0 saturated carbocycles. The molecule has 4 aromatic rings. The van der Waals surface area contributed by atoms with Crippen LogP contribution in [0.25, 0.3) is 33.4 Å². The highest BCUT2D eigenvalue weighted by Gasteiger charge is 2.23. The molecule has 196 valence electrons. The molecule has 1 N–H and O–H groups in total. The Bertz CT molecular complexity index is 1830. The number of carboxylic acid groups (broad SMARTS) is 1. The molecule has 0 saturated heterocycles. The summed E-state index contributed by atoms with van der Waals surface area (Å²) >= 11 is 6.23. The molecular formula is C32H22ClN3O4. The van der Waals surface area contributed by atoms with Crippen LogP contribution in [0.15, 0.2) is 113 Å². The number of carbonyl (C=O) groups is 1. The highest BCUT2D eigenvalue weighted by atomic mass is 35.5. The minimum Gasteiger partial charge on any atom is -0.478 e. The van der Waals surface area contributed by atoms with Gasteiger partial charge < -0.3 is 14.4 Å². The molecule has 1 aliphatic carbocycles. The van der Waals surface area contributed by atoms with Crippen LogP contribution in [0.3, 0.4) is 0 Å². The van der Waals surface area contributed by atoms with Crippen LogP contribution in [0, 0.1) is 0 Å². The van der Waals surface area contributed by atoms with E-state index in [1.165, 1.54) is 6.07 Å². The van der Waals surface area contributed by atoms with Crippen LogP contribution >= 0.6 is 11.6 Å². The van der Waals surface area contributed by atoms with E-state index in [0.29, 0.717) is 46.5 Å². The largest absolute Gasteiger partial charge is 0.478 e. The molecule has 0 atom stereocenters. The number of fused-ring (bicyclic) bond motifs is 2. The standard InChI is InChI=1S/C32H22ClN3O4/c33-27-16-26-30(17-28(27)37)40-29-15-22(11-12-25(29)31(26)23-9-1-2-10-24(23)32(38)39)36(18-20-7-3-5-13-34-20)19-21-8-4-6-14-35-21/h1-17H,18-19H2,(H,38,39). The summed E-state index contributed by atoms with van der Waals surface area (Å²) in [5.74, 6) is -0.743. The van der Waals surface area contributed by atoms with Crippen molar-refractivity contribution < 1.29 is 14.3 Å². The average Bonchev–Trinajstić information content (AvgIpc) is 2.97. The molecule has 0 radical (unpaired) electrons. The predicted molar refractivity (Wildman–Crippen MR) is 155 cm³/mol. The fraction of sp³-hybridized carbons (Fsp3) is 0.0625. The molecule has 7 nitrogen and oxygen atoms in total. The molecule has 8 heteroatoms. The Morgan fingerprint density at radius 3 is 2.15 bits per heavy atom. The zero-order chi connectivity index (χ0) is 27.6. The summed E-state index contributed by atoms with van der Waals surface area (Å²) in [4.78, 5) is 35.8. The lowest BCUT2D eigenvalue weighted by molar-refractivity contribution is 0.0697. The van der Waals surface area contributed by atoms with E-state index in [1.807, 2.05) is 54.6 Å². The van der Waals surface area contributed by atoms with Crippen LogP contribution in [-0.4, -0.2) is 21.0 Å². The number of anilines is 1. The number of halogens is 1. The summed E-state index contributed by atoms with van der Waals surface area (Å²) in [5, 5.41) is 10.7. The Labute approximate surface area is 234 Å². The molecule has 2 aromatic heterocycles. The fourth-order valence-corrected chi connectivity index (χ4v) is 5.03. The van der Waals surface area contributed by atoms with Crippen molar-refractivity contribution in [2.45, 2.75) is 13.1 Å². The maximum Gasteiger partial charge on any atom is 0.336 e. The van der Waals surface area contributed by atoms with Gasteiger partial charge in [0, 0.05) is 46.7 Å². The molecule has 0 unspecified atom stereocenters. The number of hydrogen-bond acceptors (Lipinski definition) is 6. The number of nitrogens with zero attached hydrogens (tertiary/aromatic N) is 3. The zero-order valence-electron chi connectivity index (χ0n) is 21.1. The molecule has 6 rings (SSSR count). The SMILES string of the molecule is O=C(O)c1ccccc1-c1c2cc(Cl)c(=O)cc-2oc2cc(N(Cc3ccccn3)Cc3ccccn3)ccc12. The minimum atomic E-state index is -1.06. The highest BCUT2D eigenvalue weighted by molar-refractivity contribution is 6.31. The topological polar surface area (TPSA) is 96.5 Å². The second-order valence-electron chi connectivity index (χ2n) is 9.29. The summed E-state index contributed by atoms with van der Waals surface area (Å²) in [6, 6.07) is 27.0. The van der Waals surface area contributed by atoms with Gasteiger partial charge in [-0.3, -0.25) is 14.8 Å². The van der Waals surface area contributed by atoms with E-state index < -0.39 is 5.97 Å². The number of benzene rings is 3. The quantitative estimate of drug-likeness (QED) is 0.217. The van der Waals surface area contributed by atoms with Crippen LogP contribution in [0.4, 0.5) is 5.69 Å². The summed E-state index contributed by atoms with van der Waals surface area (Å²) in [5.41, 5.74) is 4.55. The van der Waals surface area contributed by atoms with Gasteiger partial charge in [-0.05, 0) is 54.1 Å². The summed E-state index contributed by atoms with van der Waals surface area (Å²) < 4.78 is 6.27. The van der Waals surface area contributed by atoms with E-state index in [4.69, 9.17) is 16.0 Å². The van der Waals surface area contributed by atoms with E-state index in [2.05, 4.69) is 14.9 Å². The number of pyridine rings is 2. The number of aromatic nitrogens is 2. The van der Waals surface area contributed by atoms with Crippen molar-refractivity contribution in [3.05, 3.63) is 136 Å². The van der Waals surface area contributed by atoms with Gasteiger partial charge in [0.15, 0.2) is 0 Å². The van der Waals surface area contributed by atoms with E-state index in [1.54, 1.807) is 42.7 Å². The van der Waals surface area contributed by atoms with Crippen molar-refractivity contribution in [1.29, 1.82) is 0 Å². The Morgan fingerprint density at radius 2 is 1.50 bits per heavy atom. The maximum absolute atomic E-state index is 12.5. The first-order chi connectivity index (χ1) is 19.5. The molecule has 2 aromatic carbocycles. The highest BCUT2D eigenvalue weighted by Crippen LogP contribution is 2.43. The molecule has 0 amide bonds. The van der Waals surface area contributed by atoms with E-state index in [0.717, 1.165) is 17.1 Å². The number of aromatic carboxylic acids is 1. The molecule has 0 fully saturated rings. The van der Waals surface area contributed by atoms with Gasteiger partial charge in [0.25, 0.3) is 0 Å². The van der Waals surface area contributed by atoms with Crippen molar-refractivity contribution in [2.75, 3.05) is 4.90 Å². The number of rotatable bonds is 7. The van der Waals surface area contributed by atoms with Gasteiger partial charge in [0.1, 0.15) is 11.3 Å². The van der Waals surface area contributed by atoms with E-state index >= 15 is 0 Å². The van der Waals surface area contributed by atoms with Gasteiger partial charge in [-0.2, -0.15) is 0 Å². The number of hydrogen-bond donors (Lipinski definition) is 1. The van der Waals surface area contributed by atoms with Gasteiger partial charge >= 0.3 is 5.97 Å². The second-order valence-corrected chi connectivity index (χ2v) is 9.69. The van der Waals surface area contributed by atoms with Gasteiger partial charge in [-0.1, -0.05) is 41.9 Å². The summed E-state index contributed by atoms with van der Waals surface area (Å²) in [6.45, 7) is 1.04. The lowest BCUT2D eigenvalue weighted by atomic mass is 9.90. The molecule has 3 heterocycles. The van der Waals surface area contributed by atoms with Crippen molar-refractivity contribution in [3.8, 4) is 22.5 Å². The van der Waals surface area contributed by atoms with E-state index in [9.17, 15) is 14.7 Å². The fourth-order valence-electron chi connectivity index (χ4n) is 4.87. The van der Waals surface area contributed by atoms with E-state index in [-0.39, 0.29) is 16.0 Å². The molecular weight excluding hydrogens is 526 g/mol. The molecule has 0 spiro atoms. The van der Waals surface area contributed by atoms with Gasteiger partial charge in [0.2, 0.25) is 5.43 Å². The van der Waals surface area contributed by atoms with Gasteiger partial charge in [-0.25, -0.2) is 4.79 Å². The van der Waals surface area contributed by atoms with Crippen LogP contribution < -0.4 is 10.3 Å².